The third kappa shape index (κ3) is 1.89. The number of ether oxygens (including phenoxy) is 2. The van der Waals surface area contributed by atoms with E-state index in [-0.39, 0.29) is 0 Å². The van der Waals surface area contributed by atoms with Gasteiger partial charge in [-0.25, -0.2) is 0 Å². The maximum atomic E-state index is 5.72. The Hall–Kier alpha value is -0.310. The van der Waals surface area contributed by atoms with E-state index >= 15 is 0 Å². The van der Waals surface area contributed by atoms with Crippen molar-refractivity contribution in [1.82, 2.24) is 0 Å². The van der Waals surface area contributed by atoms with Crippen molar-refractivity contribution < 1.29 is 9.47 Å². The van der Waals surface area contributed by atoms with Crippen LogP contribution in [0.4, 0.5) is 0 Å². The summed E-state index contributed by atoms with van der Waals surface area (Å²) >= 11 is 0. The van der Waals surface area contributed by atoms with E-state index in [0.717, 1.165) is 10.9 Å². The van der Waals surface area contributed by atoms with Crippen LogP contribution in [0.2, 0.25) is 0 Å². The standard InChI is InChI=1S/C9H18O2S/c1-7-8(12(4,5)6)11-9(2,3)10-7/h1-6H3. The number of hydrogen-bond donors (Lipinski definition) is 0. The summed E-state index contributed by atoms with van der Waals surface area (Å²) in [6.45, 7) is 5.85. The van der Waals surface area contributed by atoms with E-state index in [1.54, 1.807) is 0 Å². The van der Waals surface area contributed by atoms with Gasteiger partial charge in [0.1, 0.15) is 5.76 Å². The van der Waals surface area contributed by atoms with E-state index in [0.29, 0.717) is 0 Å². The van der Waals surface area contributed by atoms with Crippen molar-refractivity contribution in [1.29, 1.82) is 0 Å². The van der Waals surface area contributed by atoms with Crippen molar-refractivity contribution >= 4 is 10.0 Å². The summed E-state index contributed by atoms with van der Waals surface area (Å²) in [5.74, 6) is 0.488. The van der Waals surface area contributed by atoms with Crippen LogP contribution in [-0.2, 0) is 9.47 Å². The molecule has 72 valence electrons. The summed E-state index contributed by atoms with van der Waals surface area (Å²) in [6, 6.07) is 0. The maximum Gasteiger partial charge on any atom is 0.246 e. The van der Waals surface area contributed by atoms with Crippen molar-refractivity contribution in [3.05, 3.63) is 10.9 Å². The Balaban J connectivity index is 2.88. The second-order valence-corrected chi connectivity index (χ2v) is 8.33. The molecule has 1 rings (SSSR count). The predicted molar refractivity (Wildman–Crippen MR) is 54.3 cm³/mol. The number of hydrogen-bond acceptors (Lipinski definition) is 2. The summed E-state index contributed by atoms with van der Waals surface area (Å²) < 4.78 is 11.3. The minimum Gasteiger partial charge on any atom is -0.453 e. The average Bonchev–Trinajstić information content (AvgIpc) is 2.03. The van der Waals surface area contributed by atoms with Crippen LogP contribution < -0.4 is 0 Å². The molecule has 1 aliphatic heterocycles. The lowest BCUT2D eigenvalue weighted by molar-refractivity contribution is -0.118. The number of allylic oxidation sites excluding steroid dienone is 1. The predicted octanol–water partition coefficient (Wildman–Crippen LogP) is 2.65. The highest BCUT2D eigenvalue weighted by molar-refractivity contribution is 8.35. The third-order valence-electron chi connectivity index (χ3n) is 1.58. The second kappa shape index (κ2) is 2.59. The first-order valence-corrected chi connectivity index (χ1v) is 6.85. The molecule has 0 amide bonds. The minimum atomic E-state index is -0.790. The highest BCUT2D eigenvalue weighted by Crippen LogP contribution is 2.52. The number of rotatable bonds is 1. The minimum absolute atomic E-state index is 0.459. The van der Waals surface area contributed by atoms with Gasteiger partial charge in [0.15, 0.2) is 5.09 Å². The van der Waals surface area contributed by atoms with E-state index in [9.17, 15) is 0 Å². The summed E-state index contributed by atoms with van der Waals surface area (Å²) in [5, 5.41) is 1.05. The van der Waals surface area contributed by atoms with E-state index in [2.05, 4.69) is 18.8 Å². The Bertz CT molecular complexity index is 223. The van der Waals surface area contributed by atoms with Gasteiger partial charge in [0, 0.05) is 13.8 Å². The molecule has 2 nitrogen and oxygen atoms in total. The van der Waals surface area contributed by atoms with Gasteiger partial charge in [0.2, 0.25) is 5.79 Å². The summed E-state index contributed by atoms with van der Waals surface area (Å²) in [6.07, 6.45) is 6.61. The van der Waals surface area contributed by atoms with Crippen molar-refractivity contribution in [2.45, 2.75) is 26.6 Å². The van der Waals surface area contributed by atoms with Crippen LogP contribution in [0.5, 0.6) is 0 Å². The van der Waals surface area contributed by atoms with Crippen LogP contribution in [0.1, 0.15) is 20.8 Å². The van der Waals surface area contributed by atoms with Crippen LogP contribution in [0.3, 0.4) is 0 Å². The third-order valence-corrected chi connectivity index (χ3v) is 3.06. The van der Waals surface area contributed by atoms with Crippen LogP contribution in [0.25, 0.3) is 0 Å². The average molecular weight is 190 g/mol. The van der Waals surface area contributed by atoms with Gasteiger partial charge in [0.25, 0.3) is 0 Å². The molecule has 0 spiro atoms. The molecule has 0 saturated carbocycles. The zero-order chi connectivity index (χ0) is 9.57. The lowest BCUT2D eigenvalue weighted by Gasteiger charge is -2.27. The Morgan fingerprint density at radius 3 is 1.75 bits per heavy atom. The molecule has 0 aromatic carbocycles. The molecule has 0 aromatic heterocycles. The first kappa shape index (κ1) is 9.78. The molecule has 0 aromatic rings. The van der Waals surface area contributed by atoms with Crippen LogP contribution >= 0.6 is 10.0 Å². The lowest BCUT2D eigenvalue weighted by Crippen LogP contribution is -2.21. The smallest absolute Gasteiger partial charge is 0.246 e. The fourth-order valence-electron chi connectivity index (χ4n) is 1.28. The molecule has 1 aliphatic rings. The molecule has 0 atom stereocenters. The molecule has 0 saturated heterocycles. The van der Waals surface area contributed by atoms with Gasteiger partial charge in [-0.2, -0.15) is 10.0 Å². The summed E-state index contributed by atoms with van der Waals surface area (Å²) in [7, 11) is -0.790. The van der Waals surface area contributed by atoms with Crippen molar-refractivity contribution in [3.63, 3.8) is 0 Å². The molecule has 0 radical (unpaired) electrons. The Kier molecular flexibility index (Phi) is 2.11. The van der Waals surface area contributed by atoms with E-state index in [1.165, 1.54) is 0 Å². The highest BCUT2D eigenvalue weighted by atomic mass is 32.3. The monoisotopic (exact) mass is 190 g/mol. The molecule has 0 unspecified atom stereocenters. The van der Waals surface area contributed by atoms with Gasteiger partial charge < -0.3 is 9.47 Å². The molecular weight excluding hydrogens is 172 g/mol. The van der Waals surface area contributed by atoms with Gasteiger partial charge in [0.05, 0.1) is 0 Å². The Morgan fingerprint density at radius 2 is 1.58 bits per heavy atom. The van der Waals surface area contributed by atoms with Crippen molar-refractivity contribution in [3.8, 4) is 0 Å². The summed E-state index contributed by atoms with van der Waals surface area (Å²) in [4.78, 5) is 0. The fraction of sp³-hybridized carbons (Fsp3) is 0.778. The quantitative estimate of drug-likeness (QED) is 0.633. The molecule has 0 aliphatic carbocycles. The van der Waals surface area contributed by atoms with Crippen LogP contribution in [0.15, 0.2) is 10.9 Å². The topological polar surface area (TPSA) is 18.5 Å². The normalized spacial score (nSPS) is 23.5. The zero-order valence-electron chi connectivity index (χ0n) is 8.72. The largest absolute Gasteiger partial charge is 0.453 e. The van der Waals surface area contributed by atoms with Gasteiger partial charge >= 0.3 is 0 Å². The van der Waals surface area contributed by atoms with Crippen LogP contribution in [-0.4, -0.2) is 24.6 Å². The summed E-state index contributed by atoms with van der Waals surface area (Å²) in [5.41, 5.74) is 0. The molecule has 3 heteroatoms. The van der Waals surface area contributed by atoms with Gasteiger partial charge in [-0.05, 0) is 25.7 Å². The van der Waals surface area contributed by atoms with Gasteiger partial charge in [-0.15, -0.1) is 0 Å². The lowest BCUT2D eigenvalue weighted by atomic mass is 10.4. The van der Waals surface area contributed by atoms with E-state index in [4.69, 9.17) is 9.47 Å². The fourth-order valence-corrected chi connectivity index (χ4v) is 2.64. The van der Waals surface area contributed by atoms with Gasteiger partial charge in [-0.3, -0.25) is 0 Å². The SMILES string of the molecule is CC1=C(S(C)(C)C)OC(C)(C)O1. The van der Waals surface area contributed by atoms with Crippen molar-refractivity contribution in [2.24, 2.45) is 0 Å². The molecule has 0 fully saturated rings. The first-order valence-electron chi connectivity index (χ1n) is 4.00. The Labute approximate surface area is 76.2 Å². The van der Waals surface area contributed by atoms with Crippen LogP contribution in [0, 0.1) is 0 Å². The highest BCUT2D eigenvalue weighted by Gasteiger charge is 2.35. The molecule has 0 N–H and O–H groups in total. The van der Waals surface area contributed by atoms with Crippen molar-refractivity contribution in [2.75, 3.05) is 18.8 Å². The van der Waals surface area contributed by atoms with E-state index < -0.39 is 15.8 Å². The zero-order valence-corrected chi connectivity index (χ0v) is 9.54. The van der Waals surface area contributed by atoms with E-state index in [1.807, 2.05) is 20.8 Å². The second-order valence-electron chi connectivity index (χ2n) is 4.28. The Morgan fingerprint density at radius 1 is 1.08 bits per heavy atom. The molecular formula is C9H18O2S. The first-order chi connectivity index (χ1) is 5.22. The van der Waals surface area contributed by atoms with Gasteiger partial charge in [-0.1, -0.05) is 0 Å². The molecule has 0 bridgehead atoms. The molecule has 12 heavy (non-hydrogen) atoms. The molecule has 1 heterocycles. The maximum absolute atomic E-state index is 5.72.